The number of rotatable bonds is 4. The molecule has 5 heteroatoms. The van der Waals surface area contributed by atoms with Gasteiger partial charge in [0.1, 0.15) is 11.5 Å². The van der Waals surface area contributed by atoms with Gasteiger partial charge in [0.2, 0.25) is 0 Å². The first-order valence-electron chi connectivity index (χ1n) is 6.74. The van der Waals surface area contributed by atoms with Crippen LogP contribution in [0, 0.1) is 5.41 Å². The summed E-state index contributed by atoms with van der Waals surface area (Å²) in [4.78, 5) is 14.5. The summed E-state index contributed by atoms with van der Waals surface area (Å²) in [7, 11) is 3.14. The predicted octanol–water partition coefficient (Wildman–Crippen LogP) is 1.51. The van der Waals surface area contributed by atoms with Gasteiger partial charge in [-0.25, -0.2) is 0 Å². The number of nitrogens with two attached hydrogens (primary N) is 1. The molecule has 2 N–H and O–H groups in total. The maximum Gasteiger partial charge on any atom is 0.257 e. The summed E-state index contributed by atoms with van der Waals surface area (Å²) >= 11 is 0. The maximum atomic E-state index is 12.6. The lowest BCUT2D eigenvalue weighted by Crippen LogP contribution is -2.34. The molecular weight excluding hydrogens is 256 g/mol. The van der Waals surface area contributed by atoms with Crippen LogP contribution >= 0.6 is 0 Å². The van der Waals surface area contributed by atoms with Crippen molar-refractivity contribution in [2.24, 2.45) is 11.1 Å². The molecule has 0 bridgehead atoms. The van der Waals surface area contributed by atoms with E-state index in [1.165, 1.54) is 0 Å². The van der Waals surface area contributed by atoms with E-state index < -0.39 is 0 Å². The van der Waals surface area contributed by atoms with Crippen molar-refractivity contribution in [1.82, 2.24) is 4.90 Å². The molecule has 0 saturated carbocycles. The number of benzene rings is 1. The van der Waals surface area contributed by atoms with Gasteiger partial charge >= 0.3 is 0 Å². The lowest BCUT2D eigenvalue weighted by Gasteiger charge is -2.23. The van der Waals surface area contributed by atoms with Crippen LogP contribution in [0.5, 0.6) is 11.5 Å². The number of carbonyl (C=O) groups is 1. The SMILES string of the molecule is COc1ccc(OC)c(C(=O)N2CCC(C)(CN)C2)c1. The summed E-state index contributed by atoms with van der Waals surface area (Å²) in [6.07, 6.45) is 0.932. The van der Waals surface area contributed by atoms with E-state index in [-0.39, 0.29) is 11.3 Å². The van der Waals surface area contributed by atoms with Gasteiger partial charge in [0.25, 0.3) is 5.91 Å². The van der Waals surface area contributed by atoms with Gasteiger partial charge in [0.15, 0.2) is 0 Å². The summed E-state index contributed by atoms with van der Waals surface area (Å²) in [6.45, 7) is 4.12. The van der Waals surface area contributed by atoms with Crippen LogP contribution < -0.4 is 15.2 Å². The minimum absolute atomic E-state index is 0.0156. The van der Waals surface area contributed by atoms with Gasteiger partial charge in [-0.05, 0) is 36.6 Å². The van der Waals surface area contributed by atoms with E-state index >= 15 is 0 Å². The first-order chi connectivity index (χ1) is 9.53. The normalized spacial score (nSPS) is 21.9. The van der Waals surface area contributed by atoms with E-state index in [1.807, 2.05) is 4.90 Å². The molecule has 0 spiro atoms. The van der Waals surface area contributed by atoms with Crippen LogP contribution in [0.1, 0.15) is 23.7 Å². The molecule has 0 radical (unpaired) electrons. The van der Waals surface area contributed by atoms with Crippen LogP contribution in [0.25, 0.3) is 0 Å². The molecule has 1 heterocycles. The Bertz CT molecular complexity index is 504. The molecule has 0 aliphatic carbocycles. The molecule has 1 aromatic carbocycles. The minimum Gasteiger partial charge on any atom is -0.497 e. The van der Waals surface area contributed by atoms with Gasteiger partial charge in [-0.1, -0.05) is 6.92 Å². The second-order valence-corrected chi connectivity index (χ2v) is 5.56. The quantitative estimate of drug-likeness (QED) is 0.907. The third-order valence-corrected chi connectivity index (χ3v) is 3.97. The summed E-state index contributed by atoms with van der Waals surface area (Å²) < 4.78 is 10.5. The largest absolute Gasteiger partial charge is 0.497 e. The molecule has 1 aromatic rings. The van der Waals surface area contributed by atoms with E-state index in [1.54, 1.807) is 32.4 Å². The Morgan fingerprint density at radius 1 is 1.40 bits per heavy atom. The first kappa shape index (κ1) is 14.7. The Labute approximate surface area is 119 Å². The minimum atomic E-state index is -0.0297. The van der Waals surface area contributed by atoms with E-state index in [4.69, 9.17) is 15.2 Å². The molecule has 1 fully saturated rings. The zero-order chi connectivity index (χ0) is 14.8. The second-order valence-electron chi connectivity index (χ2n) is 5.56. The highest BCUT2D eigenvalue weighted by molar-refractivity contribution is 5.97. The number of hydrogen-bond donors (Lipinski definition) is 1. The Kier molecular flexibility index (Phi) is 4.18. The van der Waals surface area contributed by atoms with Gasteiger partial charge in [-0.2, -0.15) is 0 Å². The molecule has 20 heavy (non-hydrogen) atoms. The molecule has 110 valence electrons. The van der Waals surface area contributed by atoms with E-state index in [2.05, 4.69) is 6.92 Å². The van der Waals surface area contributed by atoms with E-state index in [0.29, 0.717) is 30.2 Å². The maximum absolute atomic E-state index is 12.6. The topological polar surface area (TPSA) is 64.8 Å². The van der Waals surface area contributed by atoms with Crippen LogP contribution in [0.15, 0.2) is 18.2 Å². The van der Waals surface area contributed by atoms with Crippen molar-refractivity contribution in [2.45, 2.75) is 13.3 Å². The molecule has 2 rings (SSSR count). The van der Waals surface area contributed by atoms with Crippen LogP contribution in [0.3, 0.4) is 0 Å². The predicted molar refractivity (Wildman–Crippen MR) is 77.2 cm³/mol. The van der Waals surface area contributed by atoms with Crippen molar-refractivity contribution in [3.05, 3.63) is 23.8 Å². The van der Waals surface area contributed by atoms with Gasteiger partial charge in [0, 0.05) is 13.1 Å². The van der Waals surface area contributed by atoms with E-state index in [9.17, 15) is 4.79 Å². The molecule has 1 saturated heterocycles. The number of methoxy groups -OCH3 is 2. The average Bonchev–Trinajstić information content (AvgIpc) is 2.89. The highest BCUT2D eigenvalue weighted by Crippen LogP contribution is 2.32. The van der Waals surface area contributed by atoms with Gasteiger partial charge in [-0.15, -0.1) is 0 Å². The zero-order valence-corrected chi connectivity index (χ0v) is 12.3. The summed E-state index contributed by atoms with van der Waals surface area (Å²) in [5.41, 5.74) is 6.34. The standard InChI is InChI=1S/C15H22N2O3/c1-15(9-16)6-7-17(10-15)14(18)12-8-11(19-2)4-5-13(12)20-3/h4-5,8H,6-7,9-10,16H2,1-3H3. The fraction of sp³-hybridized carbons (Fsp3) is 0.533. The Morgan fingerprint density at radius 3 is 2.70 bits per heavy atom. The molecule has 5 nitrogen and oxygen atoms in total. The van der Waals surface area contributed by atoms with Crippen molar-refractivity contribution in [3.63, 3.8) is 0 Å². The monoisotopic (exact) mass is 278 g/mol. The van der Waals surface area contributed by atoms with Crippen LogP contribution in [-0.4, -0.2) is 44.7 Å². The lowest BCUT2D eigenvalue weighted by atomic mass is 9.90. The fourth-order valence-corrected chi connectivity index (χ4v) is 2.52. The summed E-state index contributed by atoms with van der Waals surface area (Å²) in [6, 6.07) is 5.26. The van der Waals surface area contributed by atoms with Crippen molar-refractivity contribution < 1.29 is 14.3 Å². The van der Waals surface area contributed by atoms with Crippen molar-refractivity contribution in [3.8, 4) is 11.5 Å². The fourth-order valence-electron chi connectivity index (χ4n) is 2.52. The molecule has 1 unspecified atom stereocenters. The van der Waals surface area contributed by atoms with E-state index in [0.717, 1.165) is 13.0 Å². The summed E-state index contributed by atoms with van der Waals surface area (Å²) in [5.74, 6) is 1.19. The molecule has 1 amide bonds. The van der Waals surface area contributed by atoms with Crippen LogP contribution in [0.4, 0.5) is 0 Å². The van der Waals surface area contributed by atoms with Crippen molar-refractivity contribution >= 4 is 5.91 Å². The van der Waals surface area contributed by atoms with Crippen molar-refractivity contribution in [2.75, 3.05) is 33.9 Å². The van der Waals surface area contributed by atoms with Gasteiger partial charge in [-0.3, -0.25) is 4.79 Å². The Balaban J connectivity index is 2.25. The van der Waals surface area contributed by atoms with Gasteiger partial charge < -0.3 is 20.1 Å². The molecule has 1 aliphatic rings. The highest BCUT2D eigenvalue weighted by atomic mass is 16.5. The Morgan fingerprint density at radius 2 is 2.15 bits per heavy atom. The molecule has 0 aromatic heterocycles. The average molecular weight is 278 g/mol. The summed E-state index contributed by atoms with van der Waals surface area (Å²) in [5, 5.41) is 0. The zero-order valence-electron chi connectivity index (χ0n) is 12.3. The number of amides is 1. The lowest BCUT2D eigenvalue weighted by molar-refractivity contribution is 0.0773. The highest BCUT2D eigenvalue weighted by Gasteiger charge is 2.35. The Hall–Kier alpha value is -1.75. The second kappa shape index (κ2) is 5.71. The smallest absolute Gasteiger partial charge is 0.257 e. The number of likely N-dealkylation sites (tertiary alicyclic amines) is 1. The molecular formula is C15H22N2O3. The molecule has 1 atom stereocenters. The van der Waals surface area contributed by atoms with Crippen LogP contribution in [0.2, 0.25) is 0 Å². The number of nitrogens with zero attached hydrogens (tertiary/aromatic N) is 1. The third kappa shape index (κ3) is 2.72. The number of carbonyl (C=O) groups excluding carboxylic acids is 1. The number of hydrogen-bond acceptors (Lipinski definition) is 4. The first-order valence-corrected chi connectivity index (χ1v) is 6.74. The number of ether oxygens (including phenoxy) is 2. The van der Waals surface area contributed by atoms with Crippen molar-refractivity contribution in [1.29, 1.82) is 0 Å². The van der Waals surface area contributed by atoms with Gasteiger partial charge in [0.05, 0.1) is 19.8 Å². The van der Waals surface area contributed by atoms with Crippen LogP contribution in [-0.2, 0) is 0 Å². The third-order valence-electron chi connectivity index (χ3n) is 3.97. The molecule has 1 aliphatic heterocycles.